The summed E-state index contributed by atoms with van der Waals surface area (Å²) in [6, 6.07) is 8.19. The van der Waals surface area contributed by atoms with Crippen molar-refractivity contribution in [1.82, 2.24) is 15.1 Å². The monoisotopic (exact) mass is 377 g/mol. The number of hydrogen-bond donors (Lipinski definition) is 1. The molecule has 2 heterocycles. The van der Waals surface area contributed by atoms with Crippen LogP contribution in [0.5, 0.6) is 0 Å². The highest BCUT2D eigenvalue weighted by molar-refractivity contribution is 7.90. The SMILES string of the molecule is Cc1nn(C)c2sc(C(=O)N[C@@H](C)c3ccc(S(C)(=O)=O)cc3)cc12. The van der Waals surface area contributed by atoms with Crippen molar-refractivity contribution in [2.24, 2.45) is 7.05 Å². The van der Waals surface area contributed by atoms with Gasteiger partial charge in [-0.15, -0.1) is 11.3 Å². The van der Waals surface area contributed by atoms with Crippen LogP contribution in [0.1, 0.15) is 33.9 Å². The number of amides is 1. The van der Waals surface area contributed by atoms with Crippen molar-refractivity contribution in [1.29, 1.82) is 0 Å². The molecule has 0 fully saturated rings. The van der Waals surface area contributed by atoms with Crippen LogP contribution in [0.4, 0.5) is 0 Å². The van der Waals surface area contributed by atoms with Gasteiger partial charge in [0.2, 0.25) is 0 Å². The van der Waals surface area contributed by atoms with Gasteiger partial charge in [0.25, 0.3) is 5.91 Å². The van der Waals surface area contributed by atoms with Crippen LogP contribution in [0.2, 0.25) is 0 Å². The topological polar surface area (TPSA) is 81.1 Å². The van der Waals surface area contributed by atoms with Crippen LogP contribution < -0.4 is 5.32 Å². The zero-order valence-electron chi connectivity index (χ0n) is 14.4. The number of thiophene rings is 1. The first kappa shape index (κ1) is 17.6. The Morgan fingerprint density at radius 3 is 2.48 bits per heavy atom. The van der Waals surface area contributed by atoms with E-state index in [9.17, 15) is 13.2 Å². The van der Waals surface area contributed by atoms with Gasteiger partial charge in [0.05, 0.1) is 21.5 Å². The van der Waals surface area contributed by atoms with Crippen molar-refractivity contribution in [3.05, 3.63) is 46.5 Å². The Hall–Kier alpha value is -2.19. The lowest BCUT2D eigenvalue weighted by molar-refractivity contribution is 0.0944. The third kappa shape index (κ3) is 3.45. The minimum absolute atomic E-state index is 0.153. The van der Waals surface area contributed by atoms with Crippen molar-refractivity contribution in [3.63, 3.8) is 0 Å². The number of fused-ring (bicyclic) bond motifs is 1. The van der Waals surface area contributed by atoms with E-state index < -0.39 is 9.84 Å². The highest BCUT2D eigenvalue weighted by atomic mass is 32.2. The molecule has 132 valence electrons. The van der Waals surface area contributed by atoms with Crippen LogP contribution in [0.3, 0.4) is 0 Å². The zero-order chi connectivity index (χ0) is 18.4. The molecule has 1 aromatic carbocycles. The van der Waals surface area contributed by atoms with E-state index >= 15 is 0 Å². The number of hydrogen-bond acceptors (Lipinski definition) is 5. The second-order valence-electron chi connectivity index (χ2n) is 6.07. The minimum Gasteiger partial charge on any atom is -0.345 e. The normalized spacial score (nSPS) is 13.1. The average molecular weight is 377 g/mol. The van der Waals surface area contributed by atoms with Crippen LogP contribution in [0, 0.1) is 6.92 Å². The molecular formula is C17H19N3O3S2. The first-order chi connectivity index (χ1) is 11.7. The summed E-state index contributed by atoms with van der Waals surface area (Å²) in [4.78, 5) is 14.4. The summed E-state index contributed by atoms with van der Waals surface area (Å²) in [7, 11) is -1.36. The second-order valence-corrected chi connectivity index (χ2v) is 9.12. The molecule has 0 saturated carbocycles. The Labute approximate surface area is 150 Å². The van der Waals surface area contributed by atoms with Crippen LogP contribution in [0.15, 0.2) is 35.2 Å². The molecule has 6 nitrogen and oxygen atoms in total. The molecule has 3 aromatic rings. The van der Waals surface area contributed by atoms with Crippen molar-refractivity contribution in [2.75, 3.05) is 6.26 Å². The maximum Gasteiger partial charge on any atom is 0.261 e. The van der Waals surface area contributed by atoms with E-state index in [1.807, 2.05) is 27.0 Å². The average Bonchev–Trinajstić information content (AvgIpc) is 3.09. The third-order valence-corrected chi connectivity index (χ3v) is 6.40. The van der Waals surface area contributed by atoms with Gasteiger partial charge in [-0.3, -0.25) is 9.48 Å². The zero-order valence-corrected chi connectivity index (χ0v) is 16.0. The number of rotatable bonds is 4. The van der Waals surface area contributed by atoms with Gasteiger partial charge in [0, 0.05) is 18.7 Å². The molecule has 25 heavy (non-hydrogen) atoms. The Balaban J connectivity index is 1.78. The number of nitrogens with zero attached hydrogens (tertiary/aromatic N) is 2. The van der Waals surface area contributed by atoms with Crippen LogP contribution >= 0.6 is 11.3 Å². The molecule has 0 saturated heterocycles. The molecule has 2 aromatic heterocycles. The summed E-state index contributed by atoms with van der Waals surface area (Å²) in [5.41, 5.74) is 1.75. The lowest BCUT2D eigenvalue weighted by Gasteiger charge is -2.14. The molecule has 0 spiro atoms. The lowest BCUT2D eigenvalue weighted by Crippen LogP contribution is -2.25. The predicted octanol–water partition coefficient (Wildman–Crippen LogP) is 2.84. The molecule has 0 bridgehead atoms. The Morgan fingerprint density at radius 2 is 1.92 bits per heavy atom. The number of nitrogens with one attached hydrogen (secondary N) is 1. The smallest absolute Gasteiger partial charge is 0.261 e. The Kier molecular flexibility index (Phi) is 4.42. The summed E-state index contributed by atoms with van der Waals surface area (Å²) in [5.74, 6) is -0.153. The van der Waals surface area contributed by atoms with Crippen molar-refractivity contribution in [3.8, 4) is 0 Å². The molecule has 3 rings (SSSR count). The highest BCUT2D eigenvalue weighted by Crippen LogP contribution is 2.28. The highest BCUT2D eigenvalue weighted by Gasteiger charge is 2.17. The molecule has 0 aliphatic heterocycles. The largest absolute Gasteiger partial charge is 0.345 e. The number of carbonyl (C=O) groups is 1. The lowest BCUT2D eigenvalue weighted by atomic mass is 10.1. The van der Waals surface area contributed by atoms with E-state index in [2.05, 4.69) is 10.4 Å². The van der Waals surface area contributed by atoms with Gasteiger partial charge >= 0.3 is 0 Å². The number of aromatic nitrogens is 2. The molecular weight excluding hydrogens is 358 g/mol. The van der Waals surface area contributed by atoms with E-state index in [4.69, 9.17) is 0 Å². The minimum atomic E-state index is -3.22. The number of carbonyl (C=O) groups excluding carboxylic acids is 1. The Morgan fingerprint density at radius 1 is 1.28 bits per heavy atom. The van der Waals surface area contributed by atoms with Crippen LogP contribution in [-0.4, -0.2) is 30.4 Å². The molecule has 0 aliphatic rings. The van der Waals surface area contributed by atoms with E-state index in [1.165, 1.54) is 17.6 Å². The molecule has 0 radical (unpaired) electrons. The summed E-state index contributed by atoms with van der Waals surface area (Å²) < 4.78 is 24.8. The van der Waals surface area contributed by atoms with Gasteiger partial charge in [-0.1, -0.05) is 12.1 Å². The van der Waals surface area contributed by atoms with E-state index in [1.54, 1.807) is 28.9 Å². The van der Waals surface area contributed by atoms with Gasteiger partial charge in [-0.25, -0.2) is 8.42 Å². The summed E-state index contributed by atoms with van der Waals surface area (Å²) in [6.07, 6.45) is 1.17. The molecule has 1 amide bonds. The van der Waals surface area contributed by atoms with Crippen molar-refractivity contribution in [2.45, 2.75) is 24.8 Å². The van der Waals surface area contributed by atoms with E-state index in [0.717, 1.165) is 21.5 Å². The van der Waals surface area contributed by atoms with Gasteiger partial charge in [0.1, 0.15) is 4.83 Å². The quantitative estimate of drug-likeness (QED) is 0.758. The maximum absolute atomic E-state index is 12.5. The molecule has 0 aliphatic carbocycles. The standard InChI is InChI=1S/C17H19N3O3S2/c1-10(12-5-7-13(8-6-12)25(4,22)23)18-16(21)15-9-14-11(2)19-20(3)17(14)24-15/h5-10H,1-4H3,(H,18,21)/t10-/m0/s1. The fraction of sp³-hybridized carbons (Fsp3) is 0.294. The second kappa shape index (κ2) is 6.27. The fourth-order valence-electron chi connectivity index (χ4n) is 2.67. The van der Waals surface area contributed by atoms with Gasteiger partial charge < -0.3 is 5.32 Å². The first-order valence-electron chi connectivity index (χ1n) is 7.71. The van der Waals surface area contributed by atoms with Crippen LogP contribution in [-0.2, 0) is 16.9 Å². The summed E-state index contributed by atoms with van der Waals surface area (Å²) in [6.45, 7) is 3.79. The number of benzene rings is 1. The number of sulfone groups is 1. The van der Waals surface area contributed by atoms with E-state index in [-0.39, 0.29) is 16.8 Å². The summed E-state index contributed by atoms with van der Waals surface area (Å²) >= 11 is 1.40. The summed E-state index contributed by atoms with van der Waals surface area (Å²) in [5, 5.41) is 8.27. The van der Waals surface area contributed by atoms with Crippen LogP contribution in [0.25, 0.3) is 10.2 Å². The number of aryl methyl sites for hydroxylation is 2. The predicted molar refractivity (Wildman–Crippen MR) is 98.8 cm³/mol. The Bertz CT molecular complexity index is 1010. The third-order valence-electron chi connectivity index (χ3n) is 4.08. The maximum atomic E-state index is 12.5. The van der Waals surface area contributed by atoms with Crippen molar-refractivity contribution < 1.29 is 13.2 Å². The van der Waals surface area contributed by atoms with Gasteiger partial charge in [-0.05, 0) is 37.6 Å². The molecule has 1 N–H and O–H groups in total. The van der Waals surface area contributed by atoms with Gasteiger partial charge in [-0.2, -0.15) is 5.10 Å². The van der Waals surface area contributed by atoms with Gasteiger partial charge in [0.15, 0.2) is 9.84 Å². The van der Waals surface area contributed by atoms with E-state index in [0.29, 0.717) is 4.88 Å². The first-order valence-corrected chi connectivity index (χ1v) is 10.4. The van der Waals surface area contributed by atoms with Crippen molar-refractivity contribution >= 4 is 37.3 Å². The fourth-order valence-corrected chi connectivity index (χ4v) is 4.33. The molecule has 8 heteroatoms. The molecule has 0 unspecified atom stereocenters. The molecule has 1 atom stereocenters.